The van der Waals surface area contributed by atoms with Gasteiger partial charge in [-0.05, 0) is 62.5 Å². The van der Waals surface area contributed by atoms with Gasteiger partial charge in [-0.1, -0.05) is 11.6 Å². The van der Waals surface area contributed by atoms with E-state index >= 15 is 0 Å². The number of carbonyl (C=O) groups is 1. The summed E-state index contributed by atoms with van der Waals surface area (Å²) in [7, 11) is 3.12. The third-order valence-electron chi connectivity index (χ3n) is 5.20. The largest absolute Gasteiger partial charge is 0.493 e. The average Bonchev–Trinajstić information content (AvgIpc) is 3.31. The Kier molecular flexibility index (Phi) is 6.43. The van der Waals surface area contributed by atoms with E-state index in [9.17, 15) is 4.79 Å². The molecule has 26 heavy (non-hydrogen) atoms. The number of methoxy groups -OCH3 is 2. The highest BCUT2D eigenvalue weighted by molar-refractivity contribution is 6.32. The molecule has 2 heterocycles. The van der Waals surface area contributed by atoms with Gasteiger partial charge in [0.15, 0.2) is 11.5 Å². The number of benzene rings is 1. The van der Waals surface area contributed by atoms with Crippen LogP contribution in [0.25, 0.3) is 6.08 Å². The van der Waals surface area contributed by atoms with Crippen LogP contribution in [0.2, 0.25) is 5.02 Å². The molecule has 0 bridgehead atoms. The summed E-state index contributed by atoms with van der Waals surface area (Å²) >= 11 is 6.23. The summed E-state index contributed by atoms with van der Waals surface area (Å²) < 4.78 is 10.6. The molecule has 2 fully saturated rings. The van der Waals surface area contributed by atoms with Crippen LogP contribution in [-0.4, -0.2) is 62.1 Å². The van der Waals surface area contributed by atoms with E-state index in [-0.39, 0.29) is 5.91 Å². The number of hydrogen-bond acceptors (Lipinski definition) is 4. The molecule has 1 aromatic carbocycles. The topological polar surface area (TPSA) is 42.0 Å². The molecule has 142 valence electrons. The van der Waals surface area contributed by atoms with E-state index in [1.165, 1.54) is 25.9 Å². The molecule has 1 unspecified atom stereocenters. The van der Waals surface area contributed by atoms with Crippen molar-refractivity contribution in [1.29, 1.82) is 0 Å². The minimum Gasteiger partial charge on any atom is -0.493 e. The molecule has 1 atom stereocenters. The highest BCUT2D eigenvalue weighted by Crippen LogP contribution is 2.36. The molecule has 2 saturated heterocycles. The van der Waals surface area contributed by atoms with Crippen LogP contribution in [-0.2, 0) is 4.79 Å². The molecule has 1 aromatic rings. The van der Waals surface area contributed by atoms with Crippen molar-refractivity contribution < 1.29 is 14.3 Å². The first-order valence-electron chi connectivity index (χ1n) is 9.25. The predicted octanol–water partition coefficient (Wildman–Crippen LogP) is 3.46. The van der Waals surface area contributed by atoms with Crippen molar-refractivity contribution >= 4 is 23.6 Å². The zero-order valence-corrected chi connectivity index (χ0v) is 16.3. The van der Waals surface area contributed by atoms with Crippen molar-refractivity contribution in [3.8, 4) is 11.5 Å². The fraction of sp³-hybridized carbons (Fsp3) is 0.550. The van der Waals surface area contributed by atoms with Crippen LogP contribution < -0.4 is 9.47 Å². The lowest BCUT2D eigenvalue weighted by atomic mass is 10.1. The molecular weight excluding hydrogens is 352 g/mol. The van der Waals surface area contributed by atoms with Gasteiger partial charge < -0.3 is 19.3 Å². The Balaban J connectivity index is 1.67. The Labute approximate surface area is 160 Å². The summed E-state index contributed by atoms with van der Waals surface area (Å²) in [6.45, 7) is 4.17. The molecule has 0 aromatic heterocycles. The predicted molar refractivity (Wildman–Crippen MR) is 104 cm³/mol. The van der Waals surface area contributed by atoms with E-state index in [1.54, 1.807) is 32.4 Å². The van der Waals surface area contributed by atoms with Gasteiger partial charge in [0.25, 0.3) is 0 Å². The molecule has 0 spiro atoms. The highest BCUT2D eigenvalue weighted by Gasteiger charge is 2.29. The standard InChI is InChI=1S/C20H27ClN2O3/c1-25-18-13-15(12-17(21)20(18)26-2)7-8-19(24)23-11-5-6-16(23)14-22-9-3-4-10-22/h7-8,12-13,16H,3-6,9-11,14H2,1-2H3/b8-7+. The van der Waals surface area contributed by atoms with Gasteiger partial charge in [0.1, 0.15) is 0 Å². The normalized spacial score (nSPS) is 20.9. The summed E-state index contributed by atoms with van der Waals surface area (Å²) in [4.78, 5) is 17.2. The summed E-state index contributed by atoms with van der Waals surface area (Å²) in [6, 6.07) is 3.93. The van der Waals surface area contributed by atoms with Gasteiger partial charge in [-0.2, -0.15) is 0 Å². The molecule has 0 aliphatic carbocycles. The fourth-order valence-corrected chi connectivity index (χ4v) is 4.17. The summed E-state index contributed by atoms with van der Waals surface area (Å²) in [5.74, 6) is 1.13. The van der Waals surface area contributed by atoms with Crippen molar-refractivity contribution in [1.82, 2.24) is 9.80 Å². The van der Waals surface area contributed by atoms with Crippen molar-refractivity contribution in [3.63, 3.8) is 0 Å². The first kappa shape index (κ1) is 19.1. The van der Waals surface area contributed by atoms with Crippen LogP contribution in [0.5, 0.6) is 11.5 Å². The van der Waals surface area contributed by atoms with Gasteiger partial charge in [-0.15, -0.1) is 0 Å². The quantitative estimate of drug-likeness (QED) is 0.711. The smallest absolute Gasteiger partial charge is 0.246 e. The van der Waals surface area contributed by atoms with Gasteiger partial charge in [0.05, 0.1) is 19.2 Å². The first-order chi connectivity index (χ1) is 12.6. The van der Waals surface area contributed by atoms with Gasteiger partial charge in [-0.25, -0.2) is 0 Å². The Morgan fingerprint density at radius 1 is 1.19 bits per heavy atom. The summed E-state index contributed by atoms with van der Waals surface area (Å²) in [5.41, 5.74) is 0.816. The second-order valence-corrected chi connectivity index (χ2v) is 7.31. The third-order valence-corrected chi connectivity index (χ3v) is 5.48. The molecule has 2 aliphatic heterocycles. The van der Waals surface area contributed by atoms with E-state index in [0.29, 0.717) is 22.6 Å². The minimum absolute atomic E-state index is 0.0672. The lowest BCUT2D eigenvalue weighted by molar-refractivity contribution is -0.127. The molecule has 0 radical (unpaired) electrons. The third kappa shape index (κ3) is 4.33. The Morgan fingerprint density at radius 2 is 1.96 bits per heavy atom. The molecule has 5 nitrogen and oxygen atoms in total. The minimum atomic E-state index is 0.0672. The molecule has 1 amide bonds. The van der Waals surface area contributed by atoms with E-state index in [4.69, 9.17) is 21.1 Å². The summed E-state index contributed by atoms with van der Waals surface area (Å²) in [6.07, 6.45) is 8.17. The first-order valence-corrected chi connectivity index (χ1v) is 9.62. The zero-order chi connectivity index (χ0) is 18.5. The van der Waals surface area contributed by atoms with Crippen molar-refractivity contribution in [3.05, 3.63) is 28.8 Å². The van der Waals surface area contributed by atoms with E-state index in [1.807, 2.05) is 11.0 Å². The molecule has 3 rings (SSSR count). The molecular formula is C20H27ClN2O3. The average molecular weight is 379 g/mol. The van der Waals surface area contributed by atoms with Crippen LogP contribution in [0.4, 0.5) is 0 Å². The maximum absolute atomic E-state index is 12.7. The van der Waals surface area contributed by atoms with Crippen LogP contribution in [0.3, 0.4) is 0 Å². The zero-order valence-electron chi connectivity index (χ0n) is 15.5. The SMILES string of the molecule is COc1cc(/C=C/C(=O)N2CCCC2CN2CCCC2)cc(Cl)c1OC. The van der Waals surface area contributed by atoms with Crippen LogP contribution >= 0.6 is 11.6 Å². The van der Waals surface area contributed by atoms with Gasteiger partial charge >= 0.3 is 0 Å². The molecule has 2 aliphatic rings. The van der Waals surface area contributed by atoms with E-state index in [2.05, 4.69) is 4.90 Å². The maximum Gasteiger partial charge on any atom is 0.246 e. The number of rotatable bonds is 6. The lowest BCUT2D eigenvalue weighted by Gasteiger charge is -2.27. The van der Waals surface area contributed by atoms with E-state index in [0.717, 1.165) is 31.5 Å². The van der Waals surface area contributed by atoms with E-state index < -0.39 is 0 Å². The van der Waals surface area contributed by atoms with Crippen molar-refractivity contribution in [2.75, 3.05) is 40.4 Å². The number of halogens is 1. The van der Waals surface area contributed by atoms with Crippen molar-refractivity contribution in [2.45, 2.75) is 31.7 Å². The fourth-order valence-electron chi connectivity index (χ4n) is 3.88. The number of likely N-dealkylation sites (tertiary alicyclic amines) is 2. The second-order valence-electron chi connectivity index (χ2n) is 6.91. The van der Waals surface area contributed by atoms with Crippen LogP contribution in [0.15, 0.2) is 18.2 Å². The van der Waals surface area contributed by atoms with Crippen LogP contribution in [0.1, 0.15) is 31.2 Å². The van der Waals surface area contributed by atoms with Gasteiger partial charge in [-0.3, -0.25) is 4.79 Å². The number of amides is 1. The van der Waals surface area contributed by atoms with Crippen LogP contribution in [0, 0.1) is 0 Å². The van der Waals surface area contributed by atoms with Gasteiger partial charge in [0, 0.05) is 25.2 Å². The van der Waals surface area contributed by atoms with Gasteiger partial charge in [0.2, 0.25) is 5.91 Å². The number of ether oxygens (including phenoxy) is 2. The Hall–Kier alpha value is -1.72. The number of carbonyl (C=O) groups excluding carboxylic acids is 1. The maximum atomic E-state index is 12.7. The second kappa shape index (κ2) is 8.78. The lowest BCUT2D eigenvalue weighted by Crippen LogP contribution is -2.41. The Bertz CT molecular complexity index is 671. The number of hydrogen-bond donors (Lipinski definition) is 0. The van der Waals surface area contributed by atoms with Crippen molar-refractivity contribution in [2.24, 2.45) is 0 Å². The number of nitrogens with zero attached hydrogens (tertiary/aromatic N) is 2. The molecule has 0 saturated carbocycles. The molecule has 6 heteroatoms. The summed E-state index contributed by atoms with van der Waals surface area (Å²) in [5, 5.41) is 0.465. The highest BCUT2D eigenvalue weighted by atomic mass is 35.5. The monoisotopic (exact) mass is 378 g/mol. The Morgan fingerprint density at radius 3 is 2.65 bits per heavy atom. The molecule has 0 N–H and O–H groups in total.